The smallest absolute Gasteiger partial charge is 0.274 e. The second kappa shape index (κ2) is 4.23. The van der Waals surface area contributed by atoms with Crippen LogP contribution in [0.25, 0.3) is 0 Å². The highest BCUT2D eigenvalue weighted by Crippen LogP contribution is 2.23. The lowest BCUT2D eigenvalue weighted by atomic mass is 9.93. The quantitative estimate of drug-likeness (QED) is 0.556. The Morgan fingerprint density at radius 3 is 2.69 bits per heavy atom. The van der Waals surface area contributed by atoms with Gasteiger partial charge in [-0.25, -0.2) is 0 Å². The Morgan fingerprint density at radius 1 is 1.56 bits per heavy atom. The molecule has 0 heterocycles. The second-order valence-electron chi connectivity index (χ2n) is 3.66. The Kier molecular flexibility index (Phi) is 3.35. The molecule has 0 saturated carbocycles. The van der Waals surface area contributed by atoms with E-state index in [1.165, 1.54) is 25.2 Å². The van der Waals surface area contributed by atoms with Crippen molar-refractivity contribution >= 4 is 16.0 Å². The zero-order valence-electron chi connectivity index (χ0n) is 8.75. The van der Waals surface area contributed by atoms with Crippen LogP contribution in [0.4, 0.5) is 0 Å². The molecular formula is C10H13NO4S. The number of carbonyl (C=O) groups excluding carboxylic acids is 1. The van der Waals surface area contributed by atoms with Crippen molar-refractivity contribution in [3.8, 4) is 0 Å². The lowest BCUT2D eigenvalue weighted by Gasteiger charge is -2.33. The van der Waals surface area contributed by atoms with Crippen LogP contribution in [0.5, 0.6) is 0 Å². The summed E-state index contributed by atoms with van der Waals surface area (Å²) in [6.45, 7) is 4.79. The topological polar surface area (TPSA) is 83.5 Å². The molecule has 0 bridgehead atoms. The van der Waals surface area contributed by atoms with Crippen LogP contribution in [0, 0.1) is 0 Å². The first-order valence-electron chi connectivity index (χ1n) is 4.56. The molecule has 16 heavy (non-hydrogen) atoms. The summed E-state index contributed by atoms with van der Waals surface area (Å²) < 4.78 is 31.4. The highest BCUT2D eigenvalue weighted by molar-refractivity contribution is 7.86. The SMILES string of the molecule is C=CC(=O)NC1(C)C=CC=CC1S(=O)(=O)O. The third-order valence-electron chi connectivity index (χ3n) is 2.33. The van der Waals surface area contributed by atoms with Crippen molar-refractivity contribution in [2.24, 2.45) is 0 Å². The van der Waals surface area contributed by atoms with Crippen LogP contribution in [0.2, 0.25) is 0 Å². The zero-order chi connectivity index (χ0) is 12.4. The van der Waals surface area contributed by atoms with Crippen LogP contribution in [0.1, 0.15) is 6.92 Å². The van der Waals surface area contributed by atoms with E-state index in [1.807, 2.05) is 0 Å². The van der Waals surface area contributed by atoms with Gasteiger partial charge < -0.3 is 5.32 Å². The minimum absolute atomic E-state index is 0.504. The van der Waals surface area contributed by atoms with Gasteiger partial charge in [-0.3, -0.25) is 9.35 Å². The zero-order valence-corrected chi connectivity index (χ0v) is 9.57. The molecule has 88 valence electrons. The van der Waals surface area contributed by atoms with Gasteiger partial charge in [-0.05, 0) is 13.0 Å². The molecule has 1 aliphatic rings. The maximum Gasteiger partial charge on any atom is 0.274 e. The fraction of sp³-hybridized carbons (Fsp3) is 0.300. The molecule has 0 spiro atoms. The van der Waals surface area contributed by atoms with Crippen LogP contribution in [-0.4, -0.2) is 29.7 Å². The molecule has 2 atom stereocenters. The number of allylic oxidation sites excluding steroid dienone is 2. The first-order valence-corrected chi connectivity index (χ1v) is 6.07. The van der Waals surface area contributed by atoms with Crippen molar-refractivity contribution in [1.29, 1.82) is 0 Å². The monoisotopic (exact) mass is 243 g/mol. The van der Waals surface area contributed by atoms with Gasteiger partial charge in [-0.2, -0.15) is 8.42 Å². The molecule has 2 unspecified atom stereocenters. The fourth-order valence-electron chi connectivity index (χ4n) is 1.55. The Bertz CT molecular complexity index is 463. The molecule has 0 aromatic rings. The number of nitrogens with one attached hydrogen (secondary N) is 1. The summed E-state index contributed by atoms with van der Waals surface area (Å²) in [6, 6.07) is 0. The van der Waals surface area contributed by atoms with E-state index in [-0.39, 0.29) is 0 Å². The minimum Gasteiger partial charge on any atom is -0.342 e. The first kappa shape index (κ1) is 12.7. The number of hydrogen-bond donors (Lipinski definition) is 2. The van der Waals surface area contributed by atoms with E-state index in [0.29, 0.717) is 0 Å². The van der Waals surface area contributed by atoms with Gasteiger partial charge in [-0.1, -0.05) is 30.9 Å². The average Bonchev–Trinajstić information content (AvgIpc) is 2.15. The number of rotatable bonds is 3. The van der Waals surface area contributed by atoms with Crippen LogP contribution >= 0.6 is 0 Å². The van der Waals surface area contributed by atoms with Gasteiger partial charge in [0.1, 0.15) is 5.25 Å². The minimum atomic E-state index is -4.27. The van der Waals surface area contributed by atoms with Gasteiger partial charge in [0.25, 0.3) is 10.1 Å². The van der Waals surface area contributed by atoms with Gasteiger partial charge in [0, 0.05) is 0 Å². The Hall–Kier alpha value is -1.40. The molecule has 0 fully saturated rings. The summed E-state index contributed by atoms with van der Waals surface area (Å²) in [6.07, 6.45) is 6.97. The molecule has 0 aliphatic heterocycles. The van der Waals surface area contributed by atoms with Crippen molar-refractivity contribution in [3.05, 3.63) is 37.0 Å². The van der Waals surface area contributed by atoms with Crippen molar-refractivity contribution in [1.82, 2.24) is 5.32 Å². The summed E-state index contributed by atoms with van der Waals surface area (Å²) in [5.41, 5.74) is -1.17. The maximum absolute atomic E-state index is 11.2. The summed E-state index contributed by atoms with van der Waals surface area (Å²) in [4.78, 5) is 11.2. The third-order valence-corrected chi connectivity index (χ3v) is 3.62. The van der Waals surface area contributed by atoms with Crippen LogP contribution in [0.3, 0.4) is 0 Å². The Balaban J connectivity index is 3.08. The van der Waals surface area contributed by atoms with Crippen molar-refractivity contribution in [2.45, 2.75) is 17.7 Å². The molecule has 0 aromatic carbocycles. The van der Waals surface area contributed by atoms with E-state index < -0.39 is 26.8 Å². The molecule has 1 rings (SSSR count). The lowest BCUT2D eigenvalue weighted by molar-refractivity contribution is -0.117. The lowest BCUT2D eigenvalue weighted by Crippen LogP contribution is -2.55. The van der Waals surface area contributed by atoms with Gasteiger partial charge in [0.15, 0.2) is 0 Å². The molecule has 0 aromatic heterocycles. The molecule has 1 aliphatic carbocycles. The molecule has 1 amide bonds. The maximum atomic E-state index is 11.2. The van der Waals surface area contributed by atoms with E-state index in [9.17, 15) is 13.2 Å². The predicted octanol–water partition coefficient (Wildman–Crippen LogP) is 0.430. The standard InChI is InChI=1S/C10H13NO4S/c1-3-9(12)11-10(2)7-5-4-6-8(10)16(13,14)15/h3-8H,1H2,2H3,(H,11,12)(H,13,14,15). The van der Waals surface area contributed by atoms with Gasteiger partial charge in [0.2, 0.25) is 5.91 Å². The average molecular weight is 243 g/mol. The molecule has 2 N–H and O–H groups in total. The highest BCUT2D eigenvalue weighted by atomic mass is 32.2. The summed E-state index contributed by atoms with van der Waals surface area (Å²) >= 11 is 0. The number of amides is 1. The van der Waals surface area contributed by atoms with Gasteiger partial charge in [0.05, 0.1) is 5.54 Å². The van der Waals surface area contributed by atoms with E-state index in [2.05, 4.69) is 11.9 Å². The first-order chi connectivity index (χ1) is 7.29. The van der Waals surface area contributed by atoms with Crippen LogP contribution < -0.4 is 5.32 Å². The molecule has 0 saturated heterocycles. The van der Waals surface area contributed by atoms with Crippen molar-refractivity contribution in [2.75, 3.05) is 0 Å². The molecule has 0 radical (unpaired) electrons. The van der Waals surface area contributed by atoms with Crippen LogP contribution in [0.15, 0.2) is 37.0 Å². The van der Waals surface area contributed by atoms with Crippen LogP contribution in [-0.2, 0) is 14.9 Å². The number of carbonyl (C=O) groups is 1. The van der Waals surface area contributed by atoms with Gasteiger partial charge in [-0.15, -0.1) is 0 Å². The van der Waals surface area contributed by atoms with E-state index in [4.69, 9.17) is 4.55 Å². The third kappa shape index (κ3) is 2.59. The number of hydrogen-bond acceptors (Lipinski definition) is 3. The molecular weight excluding hydrogens is 230 g/mol. The summed E-state index contributed by atoms with van der Waals surface area (Å²) in [5.74, 6) is -0.504. The van der Waals surface area contributed by atoms with E-state index in [1.54, 1.807) is 6.08 Å². The van der Waals surface area contributed by atoms with Crippen molar-refractivity contribution < 1.29 is 17.8 Å². The van der Waals surface area contributed by atoms with Crippen molar-refractivity contribution in [3.63, 3.8) is 0 Å². The second-order valence-corrected chi connectivity index (χ2v) is 5.19. The van der Waals surface area contributed by atoms with E-state index >= 15 is 0 Å². The Labute approximate surface area is 94.3 Å². The normalized spacial score (nSPS) is 28.8. The van der Waals surface area contributed by atoms with Gasteiger partial charge >= 0.3 is 0 Å². The molecule has 6 heteroatoms. The largest absolute Gasteiger partial charge is 0.342 e. The van der Waals surface area contributed by atoms with E-state index in [0.717, 1.165) is 6.08 Å². The highest BCUT2D eigenvalue weighted by Gasteiger charge is 2.40. The summed E-state index contributed by atoms with van der Waals surface area (Å²) in [5, 5.41) is 1.27. The Morgan fingerprint density at radius 2 is 2.19 bits per heavy atom. The molecule has 5 nitrogen and oxygen atoms in total. The fourth-order valence-corrected chi connectivity index (χ4v) is 2.60. The predicted molar refractivity (Wildman–Crippen MR) is 60.4 cm³/mol. The summed E-state index contributed by atoms with van der Waals surface area (Å²) in [7, 11) is -4.27.